The van der Waals surface area contributed by atoms with Gasteiger partial charge >= 0.3 is 0 Å². The van der Waals surface area contributed by atoms with E-state index in [0.717, 1.165) is 25.0 Å². The van der Waals surface area contributed by atoms with Crippen LogP contribution in [0.4, 0.5) is 26.2 Å². The zero-order chi connectivity index (χ0) is 15.4. The Morgan fingerprint density at radius 1 is 1.05 bits per heavy atom. The van der Waals surface area contributed by atoms with Crippen molar-refractivity contribution in [1.82, 2.24) is 15.2 Å². The van der Waals surface area contributed by atoms with E-state index >= 15 is 0 Å². The number of hydrogen-bond donors (Lipinski definition) is 2. The van der Waals surface area contributed by atoms with Crippen LogP contribution in [0.15, 0.2) is 24.4 Å². The summed E-state index contributed by atoms with van der Waals surface area (Å²) in [6.45, 7) is 0. The standard InChI is InChI=1S/C15H17F2N5/c16-12-7-6-11(8-13(12)17)20-15-21-14(9-18-22-15)19-10-4-2-1-3-5-10/h6-10H,1-5H2,(H2,19,20,21,22). The number of rotatable bonds is 4. The molecule has 1 aromatic carbocycles. The molecule has 0 bridgehead atoms. The molecule has 5 nitrogen and oxygen atoms in total. The van der Waals surface area contributed by atoms with E-state index in [1.54, 1.807) is 6.20 Å². The topological polar surface area (TPSA) is 62.7 Å². The Balaban J connectivity index is 1.68. The largest absolute Gasteiger partial charge is 0.366 e. The molecule has 0 atom stereocenters. The fraction of sp³-hybridized carbons (Fsp3) is 0.400. The van der Waals surface area contributed by atoms with E-state index in [0.29, 0.717) is 17.5 Å². The van der Waals surface area contributed by atoms with Crippen molar-refractivity contribution < 1.29 is 8.78 Å². The molecule has 7 heteroatoms. The van der Waals surface area contributed by atoms with Gasteiger partial charge in [-0.15, -0.1) is 5.10 Å². The lowest BCUT2D eigenvalue weighted by atomic mass is 9.96. The maximum absolute atomic E-state index is 13.2. The molecule has 0 spiro atoms. The highest BCUT2D eigenvalue weighted by molar-refractivity contribution is 5.54. The second kappa shape index (κ2) is 6.64. The van der Waals surface area contributed by atoms with E-state index in [-0.39, 0.29) is 5.95 Å². The molecule has 0 amide bonds. The van der Waals surface area contributed by atoms with Gasteiger partial charge in [-0.05, 0) is 25.0 Å². The van der Waals surface area contributed by atoms with E-state index in [2.05, 4.69) is 25.8 Å². The van der Waals surface area contributed by atoms with E-state index in [9.17, 15) is 8.78 Å². The van der Waals surface area contributed by atoms with Crippen molar-refractivity contribution >= 4 is 17.5 Å². The van der Waals surface area contributed by atoms with E-state index in [4.69, 9.17) is 0 Å². The van der Waals surface area contributed by atoms with Gasteiger partial charge in [0.25, 0.3) is 0 Å². The highest BCUT2D eigenvalue weighted by atomic mass is 19.2. The van der Waals surface area contributed by atoms with Gasteiger partial charge in [-0.25, -0.2) is 8.78 Å². The number of aromatic nitrogens is 3. The normalized spacial score (nSPS) is 15.5. The third-order valence-electron chi connectivity index (χ3n) is 3.69. The van der Waals surface area contributed by atoms with Crippen LogP contribution in [-0.4, -0.2) is 21.2 Å². The molecule has 1 fully saturated rings. The monoisotopic (exact) mass is 305 g/mol. The van der Waals surface area contributed by atoms with Crippen LogP contribution in [0, 0.1) is 11.6 Å². The summed E-state index contributed by atoms with van der Waals surface area (Å²) >= 11 is 0. The molecule has 22 heavy (non-hydrogen) atoms. The van der Waals surface area contributed by atoms with Gasteiger partial charge in [-0.3, -0.25) is 0 Å². The van der Waals surface area contributed by atoms with Crippen LogP contribution in [0.5, 0.6) is 0 Å². The predicted molar refractivity (Wildman–Crippen MR) is 80.0 cm³/mol. The lowest BCUT2D eigenvalue weighted by molar-refractivity contribution is 0.461. The summed E-state index contributed by atoms with van der Waals surface area (Å²) in [5.74, 6) is -0.939. The molecular weight excluding hydrogens is 288 g/mol. The van der Waals surface area contributed by atoms with Gasteiger partial charge in [0, 0.05) is 17.8 Å². The van der Waals surface area contributed by atoms with Gasteiger partial charge in [-0.1, -0.05) is 19.3 Å². The molecule has 116 valence electrons. The van der Waals surface area contributed by atoms with Crippen molar-refractivity contribution in [2.75, 3.05) is 10.6 Å². The van der Waals surface area contributed by atoms with Crippen molar-refractivity contribution in [3.8, 4) is 0 Å². The van der Waals surface area contributed by atoms with Crippen molar-refractivity contribution in [2.24, 2.45) is 0 Å². The molecule has 2 N–H and O–H groups in total. The summed E-state index contributed by atoms with van der Waals surface area (Å²) in [5.41, 5.74) is 0.371. The molecule has 1 aromatic heterocycles. The number of anilines is 3. The highest BCUT2D eigenvalue weighted by Gasteiger charge is 2.14. The Kier molecular flexibility index (Phi) is 4.41. The van der Waals surface area contributed by atoms with Crippen molar-refractivity contribution in [3.63, 3.8) is 0 Å². The highest BCUT2D eigenvalue weighted by Crippen LogP contribution is 2.21. The van der Waals surface area contributed by atoms with Gasteiger partial charge in [0.2, 0.25) is 5.95 Å². The van der Waals surface area contributed by atoms with E-state index in [1.807, 2.05) is 0 Å². The molecular formula is C15H17F2N5. The van der Waals surface area contributed by atoms with Crippen LogP contribution in [0.25, 0.3) is 0 Å². The third kappa shape index (κ3) is 3.66. The Labute approximate surface area is 127 Å². The van der Waals surface area contributed by atoms with Crippen LogP contribution in [0.1, 0.15) is 32.1 Å². The number of benzene rings is 1. The maximum Gasteiger partial charge on any atom is 0.249 e. The second-order valence-corrected chi connectivity index (χ2v) is 5.40. The Bertz CT molecular complexity index is 644. The number of hydrogen-bond acceptors (Lipinski definition) is 5. The Morgan fingerprint density at radius 3 is 2.64 bits per heavy atom. The molecule has 1 saturated carbocycles. The minimum absolute atomic E-state index is 0.242. The first-order chi connectivity index (χ1) is 10.7. The summed E-state index contributed by atoms with van der Waals surface area (Å²) in [5, 5.41) is 13.9. The summed E-state index contributed by atoms with van der Waals surface area (Å²) in [7, 11) is 0. The number of halogens is 2. The lowest BCUT2D eigenvalue weighted by Crippen LogP contribution is -2.23. The molecule has 1 heterocycles. The molecule has 0 aliphatic heterocycles. The number of nitrogens with zero attached hydrogens (tertiary/aromatic N) is 3. The van der Waals surface area contributed by atoms with Crippen LogP contribution in [-0.2, 0) is 0 Å². The fourth-order valence-corrected chi connectivity index (χ4v) is 2.59. The minimum atomic E-state index is -0.922. The van der Waals surface area contributed by atoms with Gasteiger partial charge < -0.3 is 10.6 Å². The van der Waals surface area contributed by atoms with E-state index < -0.39 is 11.6 Å². The average Bonchev–Trinajstić information content (AvgIpc) is 2.52. The second-order valence-electron chi connectivity index (χ2n) is 5.40. The predicted octanol–water partition coefficient (Wildman–Crippen LogP) is 3.64. The van der Waals surface area contributed by atoms with Gasteiger partial charge in [0.05, 0.1) is 6.20 Å². The first-order valence-corrected chi connectivity index (χ1v) is 7.39. The van der Waals surface area contributed by atoms with Crippen molar-refractivity contribution in [3.05, 3.63) is 36.0 Å². The third-order valence-corrected chi connectivity index (χ3v) is 3.69. The molecule has 0 unspecified atom stereocenters. The molecule has 1 aliphatic carbocycles. The fourth-order valence-electron chi connectivity index (χ4n) is 2.59. The Hall–Kier alpha value is -2.31. The zero-order valence-corrected chi connectivity index (χ0v) is 12.0. The molecule has 2 aromatic rings. The van der Waals surface area contributed by atoms with Crippen LogP contribution >= 0.6 is 0 Å². The van der Waals surface area contributed by atoms with Crippen molar-refractivity contribution in [2.45, 2.75) is 38.1 Å². The average molecular weight is 305 g/mol. The summed E-state index contributed by atoms with van der Waals surface area (Å²) in [6.07, 6.45) is 7.52. The van der Waals surface area contributed by atoms with Crippen LogP contribution in [0.3, 0.4) is 0 Å². The SMILES string of the molecule is Fc1ccc(Nc2nncc(NC3CCCCC3)n2)cc1F. The van der Waals surface area contributed by atoms with E-state index in [1.165, 1.54) is 25.3 Å². The van der Waals surface area contributed by atoms with Gasteiger partial charge in [0.15, 0.2) is 17.5 Å². The minimum Gasteiger partial charge on any atom is -0.366 e. The number of nitrogens with one attached hydrogen (secondary N) is 2. The van der Waals surface area contributed by atoms with Gasteiger partial charge in [-0.2, -0.15) is 10.1 Å². The molecule has 1 aliphatic rings. The summed E-state index contributed by atoms with van der Waals surface area (Å²) < 4.78 is 26.1. The van der Waals surface area contributed by atoms with Crippen molar-refractivity contribution in [1.29, 1.82) is 0 Å². The first kappa shape index (κ1) is 14.6. The maximum atomic E-state index is 13.2. The summed E-state index contributed by atoms with van der Waals surface area (Å²) in [6, 6.07) is 3.93. The summed E-state index contributed by atoms with van der Waals surface area (Å²) in [4.78, 5) is 4.30. The van der Waals surface area contributed by atoms with Crippen LogP contribution in [0.2, 0.25) is 0 Å². The molecule has 0 radical (unpaired) electrons. The van der Waals surface area contributed by atoms with Crippen LogP contribution < -0.4 is 10.6 Å². The molecule has 0 saturated heterocycles. The van der Waals surface area contributed by atoms with Gasteiger partial charge in [0.1, 0.15) is 0 Å². The zero-order valence-electron chi connectivity index (χ0n) is 12.0. The lowest BCUT2D eigenvalue weighted by Gasteiger charge is -2.23. The Morgan fingerprint density at radius 2 is 1.86 bits per heavy atom. The first-order valence-electron chi connectivity index (χ1n) is 7.39. The molecule has 3 rings (SSSR count). The smallest absolute Gasteiger partial charge is 0.249 e. The quantitative estimate of drug-likeness (QED) is 0.903.